The summed E-state index contributed by atoms with van der Waals surface area (Å²) in [5, 5.41) is 14.3. The quantitative estimate of drug-likeness (QED) is 0.0989. The molecule has 6 aromatic rings. The number of aromatic nitrogens is 3. The van der Waals surface area contributed by atoms with E-state index in [1.165, 1.54) is 22.2 Å². The molecule has 0 radical (unpaired) electrons. The molecule has 3 N–H and O–H groups in total. The molecule has 1 unspecified atom stereocenters. The zero-order chi connectivity index (χ0) is 33.5. The van der Waals surface area contributed by atoms with Crippen LogP contribution in [0.25, 0.3) is 33.3 Å². The lowest BCUT2D eigenvalue weighted by Crippen LogP contribution is -2.24. The molecule has 0 saturated carbocycles. The summed E-state index contributed by atoms with van der Waals surface area (Å²) in [5.41, 5.74) is 9.80. The van der Waals surface area contributed by atoms with Gasteiger partial charge in [0.1, 0.15) is 11.6 Å². The molecule has 6 rings (SSSR count). The Morgan fingerprint density at radius 3 is 2.33 bits per heavy atom. The smallest absolute Gasteiger partial charge is 0.141 e. The van der Waals surface area contributed by atoms with E-state index in [4.69, 9.17) is 4.98 Å². The van der Waals surface area contributed by atoms with Gasteiger partial charge in [0, 0.05) is 61.6 Å². The molecule has 0 bridgehead atoms. The summed E-state index contributed by atoms with van der Waals surface area (Å²) in [5.74, 6) is 1.08. The molecular formula is C41H47N5O2. The summed E-state index contributed by atoms with van der Waals surface area (Å²) in [6, 6.07) is 31.8. The molecule has 248 valence electrons. The van der Waals surface area contributed by atoms with Gasteiger partial charge in [-0.05, 0) is 108 Å². The van der Waals surface area contributed by atoms with Crippen molar-refractivity contribution in [1.82, 2.24) is 19.9 Å². The number of nitrogens with zero attached hydrogens (tertiary/aromatic N) is 3. The average molecular weight is 642 g/mol. The molecule has 2 heterocycles. The Bertz CT molecular complexity index is 1950. The minimum atomic E-state index is -0.130. The lowest BCUT2D eigenvalue weighted by Gasteiger charge is -2.24. The molecule has 0 spiro atoms. The van der Waals surface area contributed by atoms with Gasteiger partial charge in [0.2, 0.25) is 0 Å². The molecule has 7 heteroatoms. The second kappa shape index (κ2) is 15.5. The van der Waals surface area contributed by atoms with E-state index in [0.717, 1.165) is 78.0 Å². The Labute approximate surface area is 283 Å². The van der Waals surface area contributed by atoms with Crippen LogP contribution in [0.15, 0.2) is 97.2 Å². The number of ketones is 1. The summed E-state index contributed by atoms with van der Waals surface area (Å²) < 4.78 is 2.32. The van der Waals surface area contributed by atoms with Gasteiger partial charge in [0.25, 0.3) is 0 Å². The number of aryl methyl sites for hydroxylation is 2. The maximum atomic E-state index is 12.4. The van der Waals surface area contributed by atoms with E-state index in [9.17, 15) is 9.90 Å². The van der Waals surface area contributed by atoms with Crippen molar-refractivity contribution in [3.8, 4) is 11.4 Å². The van der Waals surface area contributed by atoms with Crippen LogP contribution in [-0.4, -0.2) is 38.5 Å². The molecule has 0 fully saturated rings. The monoisotopic (exact) mass is 641 g/mol. The van der Waals surface area contributed by atoms with E-state index in [-0.39, 0.29) is 18.4 Å². The number of fused-ring (bicyclic) bond motifs is 2. The molecule has 0 saturated heterocycles. The second-order valence-electron chi connectivity index (χ2n) is 12.8. The molecule has 1 atom stereocenters. The molecule has 0 amide bonds. The van der Waals surface area contributed by atoms with Gasteiger partial charge in [-0.15, -0.1) is 0 Å². The number of carbonyl (C=O) groups is 1. The van der Waals surface area contributed by atoms with Crippen molar-refractivity contribution in [2.24, 2.45) is 0 Å². The third-order valence-electron chi connectivity index (χ3n) is 9.14. The first-order valence-corrected chi connectivity index (χ1v) is 17.3. The Morgan fingerprint density at radius 2 is 1.62 bits per heavy atom. The highest BCUT2D eigenvalue weighted by Gasteiger charge is 2.19. The number of hydrogen-bond acceptors (Lipinski definition) is 5. The van der Waals surface area contributed by atoms with Crippen LogP contribution >= 0.6 is 0 Å². The first-order valence-electron chi connectivity index (χ1n) is 17.3. The highest BCUT2D eigenvalue weighted by atomic mass is 16.3. The normalized spacial score (nSPS) is 12.2. The number of imidazole rings is 1. The van der Waals surface area contributed by atoms with Crippen LogP contribution < -0.4 is 10.2 Å². The highest BCUT2D eigenvalue weighted by Crippen LogP contribution is 2.30. The molecule has 48 heavy (non-hydrogen) atoms. The van der Waals surface area contributed by atoms with Gasteiger partial charge in [0.15, 0.2) is 0 Å². The number of Topliss-reactive ketones (excluding diaryl/α,β-unsaturated/α-hetero) is 1. The fourth-order valence-electron chi connectivity index (χ4n) is 6.64. The van der Waals surface area contributed by atoms with Crippen molar-refractivity contribution >= 4 is 33.4 Å². The van der Waals surface area contributed by atoms with E-state index in [2.05, 4.69) is 112 Å². The number of hydrogen-bond donors (Lipinski definition) is 3. The van der Waals surface area contributed by atoms with Crippen LogP contribution in [0.2, 0.25) is 0 Å². The topological polar surface area (TPSA) is 86.2 Å². The number of benzene rings is 4. The number of rotatable bonds is 16. The number of aromatic amines is 1. The van der Waals surface area contributed by atoms with Crippen molar-refractivity contribution in [3.63, 3.8) is 0 Å². The summed E-state index contributed by atoms with van der Waals surface area (Å²) >= 11 is 0. The summed E-state index contributed by atoms with van der Waals surface area (Å²) in [7, 11) is 0. The first kappa shape index (κ1) is 33.2. The van der Waals surface area contributed by atoms with Crippen LogP contribution in [0.1, 0.15) is 68.3 Å². The fourth-order valence-corrected chi connectivity index (χ4v) is 6.64. The largest absolute Gasteiger partial charge is 0.392 e. The number of H-pyrrole nitrogens is 1. The van der Waals surface area contributed by atoms with Crippen molar-refractivity contribution in [3.05, 3.63) is 119 Å². The number of carbonyl (C=O) groups excluding carboxylic acids is 1. The van der Waals surface area contributed by atoms with Gasteiger partial charge in [-0.25, -0.2) is 4.98 Å². The van der Waals surface area contributed by atoms with Crippen LogP contribution in [0.5, 0.6) is 0 Å². The lowest BCUT2D eigenvalue weighted by atomic mass is 10.0. The summed E-state index contributed by atoms with van der Waals surface area (Å²) in [6.07, 6.45) is 5.42. The average Bonchev–Trinajstić information content (AvgIpc) is 3.73. The number of aliphatic hydroxyl groups excluding tert-OH is 1. The van der Waals surface area contributed by atoms with Crippen LogP contribution in [-0.2, 0) is 30.9 Å². The maximum Gasteiger partial charge on any atom is 0.141 e. The van der Waals surface area contributed by atoms with Gasteiger partial charge in [-0.3, -0.25) is 4.79 Å². The van der Waals surface area contributed by atoms with Crippen molar-refractivity contribution in [1.29, 1.82) is 0 Å². The Morgan fingerprint density at radius 1 is 0.896 bits per heavy atom. The maximum absolute atomic E-state index is 12.4. The van der Waals surface area contributed by atoms with Crippen LogP contribution in [0, 0.1) is 0 Å². The number of aliphatic hydroxyl groups is 1. The first-order chi connectivity index (χ1) is 23.4. The van der Waals surface area contributed by atoms with E-state index in [1.54, 1.807) is 6.92 Å². The predicted octanol–water partition coefficient (Wildman–Crippen LogP) is 8.36. The highest BCUT2D eigenvalue weighted by molar-refractivity contribution is 5.83. The Hall–Kier alpha value is -4.72. The fraction of sp³-hybridized carbons (Fsp3) is 0.317. The number of anilines is 1. The van der Waals surface area contributed by atoms with Crippen molar-refractivity contribution in [2.45, 2.75) is 72.2 Å². The third-order valence-corrected chi connectivity index (χ3v) is 9.14. The minimum absolute atomic E-state index is 0.0461. The zero-order valence-electron chi connectivity index (χ0n) is 28.4. The van der Waals surface area contributed by atoms with Gasteiger partial charge < -0.3 is 24.9 Å². The molecular weight excluding hydrogens is 594 g/mol. The van der Waals surface area contributed by atoms with E-state index in [1.807, 2.05) is 18.3 Å². The summed E-state index contributed by atoms with van der Waals surface area (Å²) in [4.78, 5) is 23.4. The van der Waals surface area contributed by atoms with Crippen LogP contribution in [0.4, 0.5) is 5.69 Å². The van der Waals surface area contributed by atoms with E-state index in [0.29, 0.717) is 13.0 Å². The molecule has 0 aliphatic rings. The second-order valence-corrected chi connectivity index (χ2v) is 12.8. The van der Waals surface area contributed by atoms with Gasteiger partial charge in [-0.2, -0.15) is 0 Å². The van der Waals surface area contributed by atoms with E-state index >= 15 is 0 Å². The molecule has 0 aliphatic carbocycles. The molecule has 7 nitrogen and oxygen atoms in total. The molecule has 0 aliphatic heterocycles. The SMILES string of the molecule is CCCN(CCC)c1ccc(-c2nc3cc(C(CC(C)=O)NCc4ccc5[nH]ccc5c4)ccc3n2CCc2ccc(CO)cc2)cc1. The Kier molecular flexibility index (Phi) is 10.7. The minimum Gasteiger partial charge on any atom is -0.392 e. The van der Waals surface area contributed by atoms with Gasteiger partial charge >= 0.3 is 0 Å². The van der Waals surface area contributed by atoms with Crippen molar-refractivity contribution < 1.29 is 9.90 Å². The van der Waals surface area contributed by atoms with Crippen LogP contribution in [0.3, 0.4) is 0 Å². The standard InChI is InChI=1S/C41H47N5O2/c1-4-21-45(22-5-2)36-14-11-33(12-15-36)41-44-39-26-34(13-17-40(39)46(41)23-19-30-6-8-31(28-47)9-7-30)38(24-29(3)48)43-27-32-10-16-37-35(25-32)18-20-42-37/h6-18,20,25-26,38,42-43,47H,4-5,19,21-24,27-28H2,1-3H3. The number of nitrogens with one attached hydrogen (secondary N) is 2. The lowest BCUT2D eigenvalue weighted by molar-refractivity contribution is -0.117. The van der Waals surface area contributed by atoms with E-state index < -0.39 is 0 Å². The Balaban J connectivity index is 1.32. The predicted molar refractivity (Wildman–Crippen MR) is 197 cm³/mol. The summed E-state index contributed by atoms with van der Waals surface area (Å²) in [6.45, 7) is 9.66. The van der Waals surface area contributed by atoms with Crippen molar-refractivity contribution in [2.75, 3.05) is 18.0 Å². The third kappa shape index (κ3) is 7.70. The molecule has 4 aromatic carbocycles. The van der Waals surface area contributed by atoms with Gasteiger partial charge in [0.05, 0.1) is 17.6 Å². The van der Waals surface area contributed by atoms with Gasteiger partial charge in [-0.1, -0.05) is 50.2 Å². The zero-order valence-corrected chi connectivity index (χ0v) is 28.4. The molecule has 2 aromatic heterocycles.